The predicted molar refractivity (Wildman–Crippen MR) is 49.2 cm³/mol. The number of hydrogen-bond acceptors (Lipinski definition) is 2. The maximum Gasteiger partial charge on any atom is 0.137 e. The van der Waals surface area contributed by atoms with Crippen molar-refractivity contribution >= 4 is 17.9 Å². The van der Waals surface area contributed by atoms with Crippen LogP contribution >= 0.6 is 11.6 Å². The summed E-state index contributed by atoms with van der Waals surface area (Å²) in [5.74, 6) is 0. The Kier molecular flexibility index (Phi) is 3.26. The van der Waals surface area contributed by atoms with Gasteiger partial charge in [0.25, 0.3) is 0 Å². The highest BCUT2D eigenvalue weighted by atomic mass is 35.5. The molecule has 2 nitrogen and oxygen atoms in total. The summed E-state index contributed by atoms with van der Waals surface area (Å²) in [4.78, 5) is 10.2. The Hall–Kier alpha value is -0.860. The van der Waals surface area contributed by atoms with E-state index in [-0.39, 0.29) is 0 Å². The molecule has 1 aromatic rings. The van der Waals surface area contributed by atoms with Crippen LogP contribution in [0.2, 0.25) is 5.02 Å². The summed E-state index contributed by atoms with van der Waals surface area (Å²) in [6.45, 7) is 0. The minimum Gasteiger partial charge on any atom is -0.321 e. The smallest absolute Gasteiger partial charge is 0.137 e. The first-order valence-electron chi connectivity index (χ1n) is 3.67. The summed E-state index contributed by atoms with van der Waals surface area (Å²) in [5.41, 5.74) is 6.47. The van der Waals surface area contributed by atoms with E-state index >= 15 is 0 Å². The van der Waals surface area contributed by atoms with E-state index in [4.69, 9.17) is 17.3 Å². The van der Waals surface area contributed by atoms with Crippen molar-refractivity contribution in [3.8, 4) is 0 Å². The Morgan fingerprint density at radius 1 is 1.42 bits per heavy atom. The van der Waals surface area contributed by atoms with Gasteiger partial charge in [0.05, 0.1) is 6.04 Å². The molecule has 0 radical (unpaired) electrons. The number of rotatable bonds is 3. The maximum atomic E-state index is 10.2. The molecular formula is C9H10ClNO. The normalized spacial score (nSPS) is 12.5. The minimum atomic E-state index is -0.411. The zero-order valence-electron chi connectivity index (χ0n) is 6.53. The second-order valence-corrected chi connectivity index (χ2v) is 3.07. The van der Waals surface area contributed by atoms with Crippen molar-refractivity contribution < 1.29 is 4.79 Å². The van der Waals surface area contributed by atoms with E-state index in [1.165, 1.54) is 0 Å². The van der Waals surface area contributed by atoms with Gasteiger partial charge in [-0.1, -0.05) is 23.7 Å². The average Bonchev–Trinajstić information content (AvgIpc) is 2.09. The summed E-state index contributed by atoms with van der Waals surface area (Å²) in [6, 6.07) is 6.89. The topological polar surface area (TPSA) is 43.1 Å². The van der Waals surface area contributed by atoms with Gasteiger partial charge in [-0.3, -0.25) is 0 Å². The highest BCUT2D eigenvalue weighted by Crippen LogP contribution is 2.10. The van der Waals surface area contributed by atoms with Crippen LogP contribution in [0.15, 0.2) is 24.3 Å². The van der Waals surface area contributed by atoms with E-state index in [0.29, 0.717) is 11.4 Å². The third kappa shape index (κ3) is 2.64. The number of benzene rings is 1. The lowest BCUT2D eigenvalue weighted by Crippen LogP contribution is -2.23. The molecule has 0 amide bonds. The summed E-state index contributed by atoms with van der Waals surface area (Å²) in [5, 5.41) is 0.693. The SMILES string of the molecule is NC(C=O)Cc1ccc(Cl)cc1. The van der Waals surface area contributed by atoms with Crippen molar-refractivity contribution in [2.75, 3.05) is 0 Å². The van der Waals surface area contributed by atoms with Crippen LogP contribution in [0, 0.1) is 0 Å². The molecule has 0 aliphatic rings. The zero-order valence-corrected chi connectivity index (χ0v) is 7.29. The highest BCUT2D eigenvalue weighted by Gasteiger charge is 2.00. The Labute approximate surface area is 76.3 Å². The Morgan fingerprint density at radius 2 is 2.00 bits per heavy atom. The molecule has 1 unspecified atom stereocenters. The van der Waals surface area contributed by atoms with E-state index in [9.17, 15) is 4.79 Å². The first kappa shape index (κ1) is 9.23. The molecule has 0 saturated carbocycles. The minimum absolute atomic E-state index is 0.411. The fraction of sp³-hybridized carbons (Fsp3) is 0.222. The largest absolute Gasteiger partial charge is 0.321 e. The second-order valence-electron chi connectivity index (χ2n) is 2.63. The number of halogens is 1. The van der Waals surface area contributed by atoms with Crippen molar-refractivity contribution in [2.24, 2.45) is 5.73 Å². The standard InChI is InChI=1S/C9H10ClNO/c10-8-3-1-7(2-4-8)5-9(11)6-12/h1-4,6,9H,5,11H2. The molecule has 0 aliphatic heterocycles. The van der Waals surface area contributed by atoms with Gasteiger partial charge in [-0.05, 0) is 24.1 Å². The van der Waals surface area contributed by atoms with Gasteiger partial charge >= 0.3 is 0 Å². The van der Waals surface area contributed by atoms with Gasteiger partial charge in [0.2, 0.25) is 0 Å². The molecular weight excluding hydrogens is 174 g/mol. The summed E-state index contributed by atoms with van der Waals surface area (Å²) >= 11 is 5.68. The van der Waals surface area contributed by atoms with Gasteiger partial charge < -0.3 is 10.5 Å². The van der Waals surface area contributed by atoms with E-state index < -0.39 is 6.04 Å². The molecule has 1 atom stereocenters. The van der Waals surface area contributed by atoms with Crippen LogP contribution in [0.3, 0.4) is 0 Å². The number of nitrogens with two attached hydrogens (primary N) is 1. The molecule has 0 bridgehead atoms. The molecule has 2 N–H and O–H groups in total. The molecule has 3 heteroatoms. The first-order valence-corrected chi connectivity index (χ1v) is 4.05. The molecule has 0 spiro atoms. The summed E-state index contributed by atoms with van der Waals surface area (Å²) in [7, 11) is 0. The molecule has 0 fully saturated rings. The Bertz CT molecular complexity index is 258. The quantitative estimate of drug-likeness (QED) is 0.721. The summed E-state index contributed by atoms with van der Waals surface area (Å²) in [6.07, 6.45) is 1.31. The molecule has 64 valence electrons. The Balaban J connectivity index is 2.64. The molecule has 12 heavy (non-hydrogen) atoms. The zero-order chi connectivity index (χ0) is 8.97. The third-order valence-corrected chi connectivity index (χ3v) is 1.81. The molecule has 0 saturated heterocycles. The average molecular weight is 184 g/mol. The molecule has 0 aliphatic carbocycles. The van der Waals surface area contributed by atoms with Crippen LogP contribution < -0.4 is 5.73 Å². The van der Waals surface area contributed by atoms with Crippen LogP contribution in [0.4, 0.5) is 0 Å². The van der Waals surface area contributed by atoms with Crippen LogP contribution in [0.1, 0.15) is 5.56 Å². The lowest BCUT2D eigenvalue weighted by molar-refractivity contribution is -0.108. The van der Waals surface area contributed by atoms with Gasteiger partial charge in [0.15, 0.2) is 0 Å². The third-order valence-electron chi connectivity index (χ3n) is 1.56. The fourth-order valence-electron chi connectivity index (χ4n) is 0.941. The lowest BCUT2D eigenvalue weighted by atomic mass is 10.1. The van der Waals surface area contributed by atoms with Crippen LogP contribution in [-0.2, 0) is 11.2 Å². The van der Waals surface area contributed by atoms with Crippen molar-refractivity contribution in [2.45, 2.75) is 12.5 Å². The fourth-order valence-corrected chi connectivity index (χ4v) is 1.07. The van der Waals surface area contributed by atoms with Gasteiger partial charge in [-0.2, -0.15) is 0 Å². The number of hydrogen-bond donors (Lipinski definition) is 1. The number of carbonyl (C=O) groups excluding carboxylic acids is 1. The van der Waals surface area contributed by atoms with Crippen molar-refractivity contribution in [1.29, 1.82) is 0 Å². The number of aldehydes is 1. The predicted octanol–water partition coefficient (Wildman–Crippen LogP) is 1.41. The van der Waals surface area contributed by atoms with Gasteiger partial charge in [0, 0.05) is 5.02 Å². The molecule has 1 aromatic carbocycles. The summed E-state index contributed by atoms with van der Waals surface area (Å²) < 4.78 is 0. The molecule has 1 rings (SSSR count). The van der Waals surface area contributed by atoms with Crippen molar-refractivity contribution in [3.05, 3.63) is 34.9 Å². The van der Waals surface area contributed by atoms with Crippen LogP contribution in [0.5, 0.6) is 0 Å². The Morgan fingerprint density at radius 3 is 2.50 bits per heavy atom. The number of carbonyl (C=O) groups is 1. The van der Waals surface area contributed by atoms with Crippen molar-refractivity contribution in [1.82, 2.24) is 0 Å². The first-order chi connectivity index (χ1) is 5.72. The molecule has 0 heterocycles. The highest BCUT2D eigenvalue weighted by molar-refractivity contribution is 6.30. The van der Waals surface area contributed by atoms with E-state index in [1.54, 1.807) is 12.1 Å². The monoisotopic (exact) mass is 183 g/mol. The lowest BCUT2D eigenvalue weighted by Gasteiger charge is -2.02. The van der Waals surface area contributed by atoms with Gasteiger partial charge in [0.1, 0.15) is 6.29 Å². The second kappa shape index (κ2) is 4.24. The van der Waals surface area contributed by atoms with Crippen LogP contribution in [0.25, 0.3) is 0 Å². The van der Waals surface area contributed by atoms with E-state index in [0.717, 1.165) is 11.8 Å². The van der Waals surface area contributed by atoms with E-state index in [2.05, 4.69) is 0 Å². The van der Waals surface area contributed by atoms with Crippen molar-refractivity contribution in [3.63, 3.8) is 0 Å². The molecule has 0 aromatic heterocycles. The van der Waals surface area contributed by atoms with Gasteiger partial charge in [-0.15, -0.1) is 0 Å². The van der Waals surface area contributed by atoms with Gasteiger partial charge in [-0.25, -0.2) is 0 Å². The van der Waals surface area contributed by atoms with E-state index in [1.807, 2.05) is 12.1 Å². The maximum absolute atomic E-state index is 10.2. The van der Waals surface area contributed by atoms with Crippen LogP contribution in [-0.4, -0.2) is 12.3 Å².